The number of urea groups is 1. The van der Waals surface area contributed by atoms with Crippen LogP contribution in [0.2, 0.25) is 5.02 Å². The fourth-order valence-corrected chi connectivity index (χ4v) is 3.83. The molecule has 0 spiro atoms. The van der Waals surface area contributed by atoms with E-state index in [9.17, 15) is 9.59 Å². The molecule has 2 aromatic carbocycles. The number of nitrogens with zero attached hydrogens (tertiary/aromatic N) is 1. The number of pyridine rings is 1. The molecule has 1 heterocycles. The van der Waals surface area contributed by atoms with Gasteiger partial charge in [-0.1, -0.05) is 11.6 Å². The highest BCUT2D eigenvalue weighted by atomic mass is 35.5. The molecule has 1 aliphatic rings. The van der Waals surface area contributed by atoms with Crippen molar-refractivity contribution in [3.05, 3.63) is 53.2 Å². The van der Waals surface area contributed by atoms with Crippen LogP contribution in [0.15, 0.2) is 42.6 Å². The van der Waals surface area contributed by atoms with Crippen molar-refractivity contribution in [2.45, 2.75) is 18.9 Å². The van der Waals surface area contributed by atoms with E-state index < -0.39 is 0 Å². The lowest BCUT2D eigenvalue weighted by Crippen LogP contribution is -2.30. The van der Waals surface area contributed by atoms with Crippen LogP contribution in [0.25, 0.3) is 10.9 Å². The first-order valence-corrected chi connectivity index (χ1v) is 12.5. The zero-order valence-electron chi connectivity index (χ0n) is 18.8. The smallest absolute Gasteiger partial charge is 0.319 e. The number of anilines is 1. The summed E-state index contributed by atoms with van der Waals surface area (Å²) in [5.41, 5.74) is 1.50. The summed E-state index contributed by atoms with van der Waals surface area (Å²) in [6, 6.07) is 10.1. The van der Waals surface area contributed by atoms with Crippen LogP contribution < -0.4 is 25.4 Å². The molecular weight excluding hydrogens is 476 g/mol. The Morgan fingerprint density at radius 2 is 2.00 bits per heavy atom. The van der Waals surface area contributed by atoms with Gasteiger partial charge in [-0.15, -0.1) is 0 Å². The highest BCUT2D eigenvalue weighted by Gasteiger charge is 2.23. The van der Waals surface area contributed by atoms with Crippen molar-refractivity contribution >= 4 is 51.9 Å². The second-order valence-electron chi connectivity index (χ2n) is 7.74. The largest absolute Gasteiger partial charge is 0.496 e. The molecule has 4 rings (SSSR count). The summed E-state index contributed by atoms with van der Waals surface area (Å²) in [5.74, 6) is 2.00. The molecule has 178 valence electrons. The van der Waals surface area contributed by atoms with E-state index in [2.05, 4.69) is 20.9 Å². The number of benzene rings is 2. The Labute approximate surface area is 206 Å². The Hall–Kier alpha value is -3.17. The topological polar surface area (TPSA) is 102 Å². The van der Waals surface area contributed by atoms with E-state index in [1.807, 2.05) is 6.26 Å². The van der Waals surface area contributed by atoms with Gasteiger partial charge in [-0.3, -0.25) is 9.78 Å². The van der Waals surface area contributed by atoms with Gasteiger partial charge in [-0.25, -0.2) is 4.79 Å². The Kier molecular flexibility index (Phi) is 7.64. The maximum absolute atomic E-state index is 12.7. The van der Waals surface area contributed by atoms with Crippen LogP contribution in [0.1, 0.15) is 23.2 Å². The third kappa shape index (κ3) is 5.84. The van der Waals surface area contributed by atoms with Gasteiger partial charge in [0.25, 0.3) is 5.91 Å². The molecule has 0 atom stereocenters. The number of halogens is 1. The number of rotatable bonds is 9. The Morgan fingerprint density at radius 1 is 1.18 bits per heavy atom. The van der Waals surface area contributed by atoms with Gasteiger partial charge in [0.2, 0.25) is 0 Å². The lowest BCUT2D eigenvalue weighted by molar-refractivity contribution is 0.0953. The molecule has 8 nitrogen and oxygen atoms in total. The molecule has 0 bridgehead atoms. The molecule has 10 heteroatoms. The minimum Gasteiger partial charge on any atom is -0.496 e. The molecule has 1 aromatic heterocycles. The summed E-state index contributed by atoms with van der Waals surface area (Å²) in [6.45, 7) is 0.551. The molecule has 0 unspecified atom stereocenters. The SMILES string of the molecule is COc1cc2nccc(Oc3ccc(NC(=O)NC4CC4)c(Cl)c3)c2cc1C(=O)NCCSC. The first-order valence-electron chi connectivity index (χ1n) is 10.8. The molecule has 0 aliphatic heterocycles. The minimum atomic E-state index is -0.282. The van der Waals surface area contributed by atoms with E-state index in [-0.39, 0.29) is 18.0 Å². The van der Waals surface area contributed by atoms with E-state index in [4.69, 9.17) is 21.1 Å². The van der Waals surface area contributed by atoms with E-state index >= 15 is 0 Å². The number of hydrogen-bond acceptors (Lipinski definition) is 6. The number of fused-ring (bicyclic) bond motifs is 1. The summed E-state index contributed by atoms with van der Waals surface area (Å²) in [5, 5.41) is 9.49. The molecule has 3 aromatic rings. The van der Waals surface area contributed by atoms with E-state index in [0.29, 0.717) is 51.0 Å². The van der Waals surface area contributed by atoms with Crippen molar-refractivity contribution in [2.75, 3.05) is 31.0 Å². The lowest BCUT2D eigenvalue weighted by atomic mass is 10.1. The predicted molar refractivity (Wildman–Crippen MR) is 136 cm³/mol. The fraction of sp³-hybridized carbons (Fsp3) is 0.292. The molecule has 3 N–H and O–H groups in total. The Morgan fingerprint density at radius 3 is 2.71 bits per heavy atom. The maximum Gasteiger partial charge on any atom is 0.319 e. The fourth-order valence-electron chi connectivity index (χ4n) is 3.30. The van der Waals surface area contributed by atoms with Crippen LogP contribution in [0.3, 0.4) is 0 Å². The molecule has 3 amide bonds. The molecule has 0 radical (unpaired) electrons. The molecule has 0 saturated heterocycles. The average Bonchev–Trinajstić information content (AvgIpc) is 3.64. The van der Waals surface area contributed by atoms with Crippen LogP contribution >= 0.6 is 23.4 Å². The van der Waals surface area contributed by atoms with Crippen LogP contribution in [-0.4, -0.2) is 48.6 Å². The summed E-state index contributed by atoms with van der Waals surface area (Å²) in [6.07, 6.45) is 5.60. The Balaban J connectivity index is 1.57. The molecule has 1 fully saturated rings. The van der Waals surface area contributed by atoms with E-state index in [0.717, 1.165) is 18.6 Å². The number of aromatic nitrogens is 1. The molecule has 1 aliphatic carbocycles. The quantitative estimate of drug-likeness (QED) is 0.355. The van der Waals surface area contributed by atoms with Gasteiger partial charge in [-0.2, -0.15) is 11.8 Å². The van der Waals surface area contributed by atoms with Gasteiger partial charge in [0.1, 0.15) is 17.2 Å². The van der Waals surface area contributed by atoms with Gasteiger partial charge in [0.15, 0.2) is 0 Å². The van der Waals surface area contributed by atoms with Gasteiger partial charge in [0.05, 0.1) is 28.9 Å². The van der Waals surface area contributed by atoms with Crippen molar-refractivity contribution in [3.8, 4) is 17.2 Å². The van der Waals surface area contributed by atoms with Crippen LogP contribution in [0, 0.1) is 0 Å². The second kappa shape index (κ2) is 10.8. The number of carbonyl (C=O) groups is 2. The number of ether oxygens (including phenoxy) is 2. The van der Waals surface area contributed by atoms with Crippen LogP contribution in [0.5, 0.6) is 17.2 Å². The normalized spacial score (nSPS) is 12.8. The Bertz CT molecular complexity index is 1220. The first kappa shape index (κ1) is 24.0. The van der Waals surface area contributed by atoms with Gasteiger partial charge >= 0.3 is 6.03 Å². The molecule has 1 saturated carbocycles. The van der Waals surface area contributed by atoms with Crippen molar-refractivity contribution in [3.63, 3.8) is 0 Å². The first-order chi connectivity index (χ1) is 16.5. The van der Waals surface area contributed by atoms with Gasteiger partial charge < -0.3 is 25.4 Å². The number of hydrogen-bond donors (Lipinski definition) is 3. The number of amides is 3. The number of thioether (sulfide) groups is 1. The van der Waals surface area contributed by atoms with Crippen LogP contribution in [0.4, 0.5) is 10.5 Å². The number of methoxy groups -OCH3 is 1. The van der Waals surface area contributed by atoms with Crippen molar-refractivity contribution in [2.24, 2.45) is 0 Å². The highest BCUT2D eigenvalue weighted by Crippen LogP contribution is 2.35. The van der Waals surface area contributed by atoms with Crippen molar-refractivity contribution in [1.82, 2.24) is 15.6 Å². The summed E-state index contributed by atoms with van der Waals surface area (Å²) in [7, 11) is 1.52. The standard InChI is InChI=1S/C24H25ClN4O4S/c1-32-22-13-20-16(12-17(22)23(30)27-9-10-34-2)21(7-8-26-20)33-15-5-6-19(18(25)11-15)29-24(31)28-14-3-4-14/h5-8,11-14H,3-4,9-10H2,1-2H3,(H,27,30)(H2,28,29,31). The summed E-state index contributed by atoms with van der Waals surface area (Å²) < 4.78 is 11.5. The minimum absolute atomic E-state index is 0.231. The monoisotopic (exact) mass is 500 g/mol. The van der Waals surface area contributed by atoms with E-state index in [1.165, 1.54) is 7.11 Å². The highest BCUT2D eigenvalue weighted by molar-refractivity contribution is 7.98. The lowest BCUT2D eigenvalue weighted by Gasteiger charge is -2.14. The second-order valence-corrected chi connectivity index (χ2v) is 9.14. The number of carbonyl (C=O) groups excluding carboxylic acids is 2. The number of nitrogens with one attached hydrogen (secondary N) is 3. The third-order valence-electron chi connectivity index (χ3n) is 5.19. The summed E-state index contributed by atoms with van der Waals surface area (Å²) in [4.78, 5) is 29.1. The van der Waals surface area contributed by atoms with Crippen LogP contribution in [-0.2, 0) is 0 Å². The van der Waals surface area contributed by atoms with Crippen molar-refractivity contribution < 1.29 is 19.1 Å². The third-order valence-corrected chi connectivity index (χ3v) is 6.11. The maximum atomic E-state index is 12.7. The van der Waals surface area contributed by atoms with Crippen molar-refractivity contribution in [1.29, 1.82) is 0 Å². The predicted octanol–water partition coefficient (Wildman–Crippen LogP) is 5.07. The van der Waals surface area contributed by atoms with E-state index in [1.54, 1.807) is 54.4 Å². The zero-order valence-corrected chi connectivity index (χ0v) is 20.4. The molecular formula is C24H25ClN4O4S. The average molecular weight is 501 g/mol. The summed E-state index contributed by atoms with van der Waals surface area (Å²) >= 11 is 8.02. The molecule has 34 heavy (non-hydrogen) atoms. The zero-order chi connectivity index (χ0) is 24.1. The van der Waals surface area contributed by atoms with Gasteiger partial charge in [-0.05, 0) is 43.4 Å². The van der Waals surface area contributed by atoms with Gasteiger partial charge in [0, 0.05) is 42.1 Å².